The van der Waals surface area contributed by atoms with E-state index in [0.29, 0.717) is 0 Å². The molecule has 0 aliphatic heterocycles. The van der Waals surface area contributed by atoms with Crippen LogP contribution in [0.2, 0.25) is 0 Å². The molecule has 0 spiro atoms. The summed E-state index contributed by atoms with van der Waals surface area (Å²) < 4.78 is 0. The third-order valence-corrected chi connectivity index (χ3v) is 1.47. The number of rotatable bonds is 2. The quantitative estimate of drug-likeness (QED) is 0.494. The summed E-state index contributed by atoms with van der Waals surface area (Å²) in [4.78, 5) is 0. The standard InChI is InChI=1S/C8H10S.Na.H/c9-7-6-8-4-2-1-3-5-8;;/h1-5,9H,6-7H2;;. The van der Waals surface area contributed by atoms with E-state index < -0.39 is 0 Å². The second kappa shape index (κ2) is 6.29. The maximum absolute atomic E-state index is 4.13. The molecule has 0 heterocycles. The van der Waals surface area contributed by atoms with Crippen molar-refractivity contribution in [2.45, 2.75) is 6.42 Å². The number of thiol groups is 1. The van der Waals surface area contributed by atoms with Gasteiger partial charge in [0.1, 0.15) is 0 Å². The summed E-state index contributed by atoms with van der Waals surface area (Å²) in [6.07, 6.45) is 1.07. The van der Waals surface area contributed by atoms with E-state index in [1.807, 2.05) is 6.07 Å². The molecule has 0 N–H and O–H groups in total. The number of hydrogen-bond donors (Lipinski definition) is 1. The van der Waals surface area contributed by atoms with E-state index in [0.717, 1.165) is 12.2 Å². The zero-order valence-electron chi connectivity index (χ0n) is 5.25. The van der Waals surface area contributed by atoms with E-state index in [1.54, 1.807) is 0 Å². The minimum absolute atomic E-state index is 0. The molecule has 0 saturated carbocycles. The summed E-state index contributed by atoms with van der Waals surface area (Å²) in [7, 11) is 0. The van der Waals surface area contributed by atoms with E-state index in [4.69, 9.17) is 0 Å². The van der Waals surface area contributed by atoms with Crippen molar-refractivity contribution in [1.82, 2.24) is 0 Å². The molecule has 50 valence electrons. The minimum atomic E-state index is 0. The van der Waals surface area contributed by atoms with Gasteiger partial charge in [0.2, 0.25) is 0 Å². The Kier molecular flexibility index (Phi) is 6.65. The van der Waals surface area contributed by atoms with Gasteiger partial charge in [0.25, 0.3) is 0 Å². The van der Waals surface area contributed by atoms with Gasteiger partial charge in [-0.1, -0.05) is 30.3 Å². The van der Waals surface area contributed by atoms with Crippen LogP contribution in [0.15, 0.2) is 30.3 Å². The van der Waals surface area contributed by atoms with Crippen LogP contribution in [-0.4, -0.2) is 35.3 Å². The number of aryl methyl sites for hydroxylation is 1. The summed E-state index contributed by atoms with van der Waals surface area (Å²) >= 11 is 4.13. The van der Waals surface area contributed by atoms with Crippen molar-refractivity contribution in [3.63, 3.8) is 0 Å². The number of benzene rings is 1. The van der Waals surface area contributed by atoms with Gasteiger partial charge in [-0.05, 0) is 17.7 Å². The second-order valence-electron chi connectivity index (χ2n) is 1.96. The summed E-state index contributed by atoms with van der Waals surface area (Å²) in [5, 5.41) is 0. The molecular formula is C8H11NaS. The molecule has 1 rings (SSSR count). The van der Waals surface area contributed by atoms with Crippen LogP contribution in [0.4, 0.5) is 0 Å². The van der Waals surface area contributed by atoms with Gasteiger partial charge in [-0.3, -0.25) is 0 Å². The Morgan fingerprint density at radius 2 is 1.70 bits per heavy atom. The van der Waals surface area contributed by atoms with Crippen molar-refractivity contribution in [1.29, 1.82) is 0 Å². The Labute approximate surface area is 89.7 Å². The molecule has 0 atom stereocenters. The Morgan fingerprint density at radius 3 is 2.20 bits per heavy atom. The summed E-state index contributed by atoms with van der Waals surface area (Å²) in [6, 6.07) is 10.4. The molecule has 0 bridgehead atoms. The molecule has 10 heavy (non-hydrogen) atoms. The Hall–Kier alpha value is 0.570. The molecule has 0 unspecified atom stereocenters. The molecule has 0 aliphatic rings. The van der Waals surface area contributed by atoms with Crippen molar-refractivity contribution in [2.75, 3.05) is 5.75 Å². The van der Waals surface area contributed by atoms with Gasteiger partial charge in [-0.2, -0.15) is 12.6 Å². The first kappa shape index (κ1) is 10.6. The monoisotopic (exact) mass is 162 g/mol. The SMILES string of the molecule is SCCc1ccccc1.[NaH]. The maximum atomic E-state index is 4.13. The van der Waals surface area contributed by atoms with Gasteiger partial charge in [0.15, 0.2) is 0 Å². The second-order valence-corrected chi connectivity index (χ2v) is 2.41. The zero-order chi connectivity index (χ0) is 6.53. The first-order valence-electron chi connectivity index (χ1n) is 3.08. The topological polar surface area (TPSA) is 0 Å². The average Bonchev–Trinajstić information content (AvgIpc) is 1.91. The van der Waals surface area contributed by atoms with Crippen LogP contribution in [0.25, 0.3) is 0 Å². The van der Waals surface area contributed by atoms with Crippen molar-refractivity contribution < 1.29 is 0 Å². The Bertz CT molecular complexity index is 162. The number of hydrogen-bond acceptors (Lipinski definition) is 1. The van der Waals surface area contributed by atoms with Crippen molar-refractivity contribution in [2.24, 2.45) is 0 Å². The molecule has 0 radical (unpaired) electrons. The van der Waals surface area contributed by atoms with Crippen LogP contribution in [0.3, 0.4) is 0 Å². The molecule has 0 nitrogen and oxygen atoms in total. The molecule has 0 fully saturated rings. The van der Waals surface area contributed by atoms with Crippen LogP contribution in [0, 0.1) is 0 Å². The van der Waals surface area contributed by atoms with E-state index in [1.165, 1.54) is 5.56 Å². The van der Waals surface area contributed by atoms with Crippen LogP contribution in [0.1, 0.15) is 5.56 Å². The van der Waals surface area contributed by atoms with Gasteiger partial charge in [-0.15, -0.1) is 0 Å². The Morgan fingerprint density at radius 1 is 1.10 bits per heavy atom. The summed E-state index contributed by atoms with van der Waals surface area (Å²) in [5.74, 6) is 0.935. The fourth-order valence-corrected chi connectivity index (χ4v) is 1.03. The van der Waals surface area contributed by atoms with Crippen LogP contribution in [-0.2, 0) is 6.42 Å². The van der Waals surface area contributed by atoms with Gasteiger partial charge in [0.05, 0.1) is 0 Å². The third kappa shape index (κ3) is 3.67. The average molecular weight is 162 g/mol. The molecular weight excluding hydrogens is 151 g/mol. The summed E-state index contributed by atoms with van der Waals surface area (Å²) in [6.45, 7) is 0. The van der Waals surface area contributed by atoms with E-state index >= 15 is 0 Å². The first-order valence-corrected chi connectivity index (χ1v) is 3.71. The predicted molar refractivity (Wildman–Crippen MR) is 51.1 cm³/mol. The van der Waals surface area contributed by atoms with Crippen molar-refractivity contribution in [3.05, 3.63) is 35.9 Å². The van der Waals surface area contributed by atoms with Crippen LogP contribution >= 0.6 is 12.6 Å². The van der Waals surface area contributed by atoms with Gasteiger partial charge in [0, 0.05) is 0 Å². The Balaban J connectivity index is 0.000000810. The van der Waals surface area contributed by atoms with E-state index in [2.05, 4.69) is 36.9 Å². The van der Waals surface area contributed by atoms with Crippen molar-refractivity contribution in [3.8, 4) is 0 Å². The normalized spacial score (nSPS) is 8.50. The molecule has 1 aromatic rings. The van der Waals surface area contributed by atoms with Gasteiger partial charge in [-0.25, -0.2) is 0 Å². The third-order valence-electron chi connectivity index (χ3n) is 1.24. The van der Waals surface area contributed by atoms with Gasteiger partial charge < -0.3 is 0 Å². The summed E-state index contributed by atoms with van der Waals surface area (Å²) in [5.41, 5.74) is 1.37. The molecule has 0 aromatic heterocycles. The van der Waals surface area contributed by atoms with Gasteiger partial charge >= 0.3 is 29.6 Å². The van der Waals surface area contributed by atoms with E-state index in [-0.39, 0.29) is 29.6 Å². The first-order chi connectivity index (χ1) is 4.43. The zero-order valence-corrected chi connectivity index (χ0v) is 6.14. The molecule has 0 aliphatic carbocycles. The van der Waals surface area contributed by atoms with Crippen molar-refractivity contribution >= 4 is 42.2 Å². The molecule has 1 aromatic carbocycles. The predicted octanol–water partition coefficient (Wildman–Crippen LogP) is 1.51. The molecule has 0 amide bonds. The van der Waals surface area contributed by atoms with Crippen LogP contribution < -0.4 is 0 Å². The molecule has 0 saturated heterocycles. The fraction of sp³-hybridized carbons (Fsp3) is 0.250. The fourth-order valence-electron chi connectivity index (χ4n) is 0.774. The van der Waals surface area contributed by atoms with E-state index in [9.17, 15) is 0 Å². The molecule has 2 heteroatoms. The van der Waals surface area contributed by atoms with Crippen LogP contribution in [0.5, 0.6) is 0 Å².